The molecule has 0 radical (unpaired) electrons. The average Bonchev–Trinajstić information content (AvgIpc) is 3.23. The SMILES string of the molecule is CC(C)(C)OC(=O)N1CC[C@@H](c2ccccc2)[C@@H]1C(=O)N1Cc2ccccc2C[C@@H]1CC(=O)O. The minimum Gasteiger partial charge on any atom is -0.481 e. The fourth-order valence-corrected chi connectivity index (χ4v) is 5.07. The number of carbonyl (C=O) groups excluding carboxylic acids is 2. The molecule has 0 spiro atoms. The molecular weight excluding hydrogens is 432 g/mol. The first-order valence-corrected chi connectivity index (χ1v) is 11.8. The number of carboxylic acids is 1. The number of aliphatic carboxylic acids is 1. The maximum atomic E-state index is 14.1. The van der Waals surface area contributed by atoms with Gasteiger partial charge in [0.05, 0.1) is 6.42 Å². The number of hydrogen-bond donors (Lipinski definition) is 1. The van der Waals surface area contributed by atoms with E-state index in [1.165, 1.54) is 4.90 Å². The predicted octanol–water partition coefficient (Wildman–Crippen LogP) is 4.21. The highest BCUT2D eigenvalue weighted by Crippen LogP contribution is 2.37. The van der Waals surface area contributed by atoms with Gasteiger partial charge in [-0.1, -0.05) is 54.6 Å². The van der Waals surface area contributed by atoms with Gasteiger partial charge in [-0.05, 0) is 50.3 Å². The lowest BCUT2D eigenvalue weighted by Crippen LogP contribution is -2.55. The third-order valence-electron chi connectivity index (χ3n) is 6.56. The molecule has 2 aromatic carbocycles. The van der Waals surface area contributed by atoms with E-state index in [0.29, 0.717) is 25.9 Å². The van der Waals surface area contributed by atoms with Crippen LogP contribution in [0.3, 0.4) is 0 Å². The number of carboxylic acid groups (broad SMARTS) is 1. The van der Waals surface area contributed by atoms with Crippen molar-refractivity contribution in [2.75, 3.05) is 6.54 Å². The summed E-state index contributed by atoms with van der Waals surface area (Å²) in [5, 5.41) is 9.55. The first-order valence-electron chi connectivity index (χ1n) is 11.8. The molecule has 2 heterocycles. The second-order valence-corrected chi connectivity index (χ2v) is 10.1. The number of likely N-dealkylation sites (tertiary alicyclic amines) is 1. The first kappa shape index (κ1) is 23.8. The van der Waals surface area contributed by atoms with Crippen molar-refractivity contribution in [1.29, 1.82) is 0 Å². The van der Waals surface area contributed by atoms with Crippen molar-refractivity contribution in [3.8, 4) is 0 Å². The topological polar surface area (TPSA) is 87.2 Å². The molecule has 3 atom stereocenters. The zero-order chi connectivity index (χ0) is 24.5. The average molecular weight is 465 g/mol. The zero-order valence-electron chi connectivity index (χ0n) is 19.9. The maximum absolute atomic E-state index is 14.1. The smallest absolute Gasteiger partial charge is 0.410 e. The summed E-state index contributed by atoms with van der Waals surface area (Å²) >= 11 is 0. The lowest BCUT2D eigenvalue weighted by atomic mass is 9.88. The summed E-state index contributed by atoms with van der Waals surface area (Å²) in [6.07, 6.45) is 0.447. The maximum Gasteiger partial charge on any atom is 0.410 e. The van der Waals surface area contributed by atoms with Crippen LogP contribution in [0.4, 0.5) is 4.79 Å². The molecule has 1 N–H and O–H groups in total. The summed E-state index contributed by atoms with van der Waals surface area (Å²) in [5.41, 5.74) is 2.37. The molecule has 2 aromatic rings. The van der Waals surface area contributed by atoms with Crippen LogP contribution in [0.5, 0.6) is 0 Å². The molecule has 0 aliphatic carbocycles. The highest BCUT2D eigenvalue weighted by atomic mass is 16.6. The number of ether oxygens (including phenoxy) is 1. The standard InChI is InChI=1S/C27H32N2O5/c1-27(2,3)34-26(33)28-14-13-22(18-9-5-4-6-10-18)24(28)25(32)29-17-20-12-8-7-11-19(20)15-21(29)16-23(30)31/h4-12,21-22,24H,13-17H2,1-3H3,(H,30,31)/t21-,22+,24-/m1/s1. The van der Waals surface area contributed by atoms with Crippen molar-refractivity contribution in [3.63, 3.8) is 0 Å². The minimum absolute atomic E-state index is 0.144. The molecule has 0 bridgehead atoms. The molecule has 180 valence electrons. The van der Waals surface area contributed by atoms with Crippen molar-refractivity contribution < 1.29 is 24.2 Å². The Labute approximate surface area is 200 Å². The number of hydrogen-bond acceptors (Lipinski definition) is 4. The molecule has 2 aliphatic rings. The van der Waals surface area contributed by atoms with Crippen LogP contribution < -0.4 is 0 Å². The summed E-state index contributed by atoms with van der Waals surface area (Å²) in [7, 11) is 0. The first-order chi connectivity index (χ1) is 16.1. The van der Waals surface area contributed by atoms with E-state index in [9.17, 15) is 19.5 Å². The van der Waals surface area contributed by atoms with Gasteiger partial charge in [0.1, 0.15) is 11.6 Å². The van der Waals surface area contributed by atoms with Crippen LogP contribution >= 0.6 is 0 Å². The van der Waals surface area contributed by atoms with Crippen molar-refractivity contribution in [2.45, 2.75) is 70.2 Å². The van der Waals surface area contributed by atoms with Crippen LogP contribution in [0.2, 0.25) is 0 Å². The van der Waals surface area contributed by atoms with Crippen LogP contribution in [0.25, 0.3) is 0 Å². The molecule has 34 heavy (non-hydrogen) atoms. The van der Waals surface area contributed by atoms with E-state index in [1.807, 2.05) is 54.6 Å². The van der Waals surface area contributed by atoms with E-state index in [2.05, 4.69) is 0 Å². The van der Waals surface area contributed by atoms with E-state index in [1.54, 1.807) is 25.7 Å². The molecule has 0 saturated carbocycles. The van der Waals surface area contributed by atoms with Crippen molar-refractivity contribution >= 4 is 18.0 Å². The number of benzene rings is 2. The van der Waals surface area contributed by atoms with Gasteiger partial charge in [-0.2, -0.15) is 0 Å². The summed E-state index contributed by atoms with van der Waals surface area (Å²) < 4.78 is 5.64. The van der Waals surface area contributed by atoms with Gasteiger partial charge >= 0.3 is 12.1 Å². The molecule has 7 heteroatoms. The number of rotatable bonds is 4. The Kier molecular flexibility index (Phi) is 6.64. The van der Waals surface area contributed by atoms with Crippen LogP contribution in [-0.2, 0) is 27.3 Å². The number of fused-ring (bicyclic) bond motifs is 1. The molecule has 1 saturated heterocycles. The van der Waals surface area contributed by atoms with Gasteiger partial charge in [-0.15, -0.1) is 0 Å². The van der Waals surface area contributed by atoms with E-state index < -0.39 is 29.7 Å². The lowest BCUT2D eigenvalue weighted by Gasteiger charge is -2.40. The van der Waals surface area contributed by atoms with E-state index in [0.717, 1.165) is 16.7 Å². The zero-order valence-corrected chi connectivity index (χ0v) is 19.9. The van der Waals surface area contributed by atoms with E-state index >= 15 is 0 Å². The third-order valence-corrected chi connectivity index (χ3v) is 6.56. The van der Waals surface area contributed by atoms with Crippen molar-refractivity contribution in [2.24, 2.45) is 0 Å². The summed E-state index contributed by atoms with van der Waals surface area (Å²) in [6, 6.07) is 16.3. The van der Waals surface area contributed by atoms with E-state index in [-0.39, 0.29) is 18.2 Å². The predicted molar refractivity (Wildman–Crippen MR) is 127 cm³/mol. The van der Waals surface area contributed by atoms with Gasteiger partial charge in [0.25, 0.3) is 0 Å². The fraction of sp³-hybridized carbons (Fsp3) is 0.444. The summed E-state index contributed by atoms with van der Waals surface area (Å²) in [5.74, 6) is -1.36. The Morgan fingerprint density at radius 1 is 0.971 bits per heavy atom. The van der Waals surface area contributed by atoms with Gasteiger partial charge < -0.3 is 14.7 Å². The highest BCUT2D eigenvalue weighted by molar-refractivity contribution is 5.88. The van der Waals surface area contributed by atoms with Crippen LogP contribution in [0, 0.1) is 0 Å². The lowest BCUT2D eigenvalue weighted by molar-refractivity contribution is -0.144. The molecule has 1 fully saturated rings. The van der Waals surface area contributed by atoms with Crippen molar-refractivity contribution in [1.82, 2.24) is 9.80 Å². The van der Waals surface area contributed by atoms with Gasteiger partial charge in [-0.3, -0.25) is 14.5 Å². The minimum atomic E-state index is -0.947. The summed E-state index contributed by atoms with van der Waals surface area (Å²) in [6.45, 7) is 6.14. The Morgan fingerprint density at radius 3 is 2.26 bits per heavy atom. The Hall–Kier alpha value is -3.35. The largest absolute Gasteiger partial charge is 0.481 e. The monoisotopic (exact) mass is 464 g/mol. The van der Waals surface area contributed by atoms with Gasteiger partial charge in [0, 0.05) is 25.0 Å². The number of amides is 2. The van der Waals surface area contributed by atoms with Crippen molar-refractivity contribution in [3.05, 3.63) is 71.3 Å². The molecular formula is C27H32N2O5. The van der Waals surface area contributed by atoms with Gasteiger partial charge in [0.2, 0.25) is 5.91 Å². The molecule has 2 aliphatic heterocycles. The molecule has 7 nitrogen and oxygen atoms in total. The highest BCUT2D eigenvalue weighted by Gasteiger charge is 2.47. The van der Waals surface area contributed by atoms with Gasteiger partial charge in [0.15, 0.2) is 0 Å². The van der Waals surface area contributed by atoms with Crippen LogP contribution in [0.15, 0.2) is 54.6 Å². The second kappa shape index (κ2) is 9.49. The van der Waals surface area contributed by atoms with E-state index in [4.69, 9.17) is 4.74 Å². The van der Waals surface area contributed by atoms with Crippen LogP contribution in [0.1, 0.15) is 56.2 Å². The Bertz CT molecular complexity index is 1060. The molecule has 0 unspecified atom stereocenters. The quantitative estimate of drug-likeness (QED) is 0.733. The normalized spacial score (nSPS) is 22.3. The molecule has 0 aromatic heterocycles. The number of nitrogens with zero attached hydrogens (tertiary/aromatic N) is 2. The third kappa shape index (κ3) is 5.08. The fourth-order valence-electron chi connectivity index (χ4n) is 5.07. The molecule has 2 amide bonds. The summed E-state index contributed by atoms with van der Waals surface area (Å²) in [4.78, 5) is 42.1. The Balaban J connectivity index is 1.70. The number of carbonyl (C=O) groups is 3. The second-order valence-electron chi connectivity index (χ2n) is 10.1. The van der Waals surface area contributed by atoms with Gasteiger partial charge in [-0.25, -0.2) is 4.79 Å². The Morgan fingerprint density at radius 2 is 1.62 bits per heavy atom. The van der Waals surface area contributed by atoms with Crippen LogP contribution in [-0.4, -0.2) is 57.1 Å². The molecule has 4 rings (SSSR count).